The van der Waals surface area contributed by atoms with Gasteiger partial charge in [-0.1, -0.05) is 34.8 Å². The van der Waals surface area contributed by atoms with E-state index in [1.54, 1.807) is 0 Å². The normalized spacial score (nSPS) is 22.5. The summed E-state index contributed by atoms with van der Waals surface area (Å²) in [5.41, 5.74) is -2.07. The standard InChI is InChI=1S/C17H17Cl3N2O9/c1-6(23)28-5-10-12(29-7(2)24)13(30-8(3)25)11(31-10)9-4-22(15(20)14(18)19)17(27)21-16(9)26/h4,10-13H,5H2,1-3H3,(H,21,26,27)/t10-,11+,12?,13?/m1/s1. The topological polar surface area (TPSA) is 143 Å². The number of aromatic amines is 1. The first-order chi connectivity index (χ1) is 14.4. The van der Waals surface area contributed by atoms with Crippen molar-refractivity contribution in [2.75, 3.05) is 6.61 Å². The fourth-order valence-corrected chi connectivity index (χ4v) is 3.20. The van der Waals surface area contributed by atoms with Crippen LogP contribution >= 0.6 is 34.8 Å². The highest BCUT2D eigenvalue weighted by Crippen LogP contribution is 2.36. The maximum Gasteiger partial charge on any atom is 0.333 e. The largest absolute Gasteiger partial charge is 0.463 e. The molecule has 0 aliphatic carbocycles. The van der Waals surface area contributed by atoms with Crippen LogP contribution in [0.25, 0.3) is 5.16 Å². The quantitative estimate of drug-likeness (QED) is 0.451. The van der Waals surface area contributed by atoms with Crippen LogP contribution in [0.1, 0.15) is 32.4 Å². The number of nitrogens with zero attached hydrogens (tertiary/aromatic N) is 1. The molecule has 2 heterocycles. The van der Waals surface area contributed by atoms with E-state index in [2.05, 4.69) is 0 Å². The van der Waals surface area contributed by atoms with Crippen LogP contribution in [0, 0.1) is 0 Å². The molecule has 0 saturated carbocycles. The number of hydrogen-bond acceptors (Lipinski definition) is 9. The molecule has 1 fully saturated rings. The molecule has 0 amide bonds. The van der Waals surface area contributed by atoms with Gasteiger partial charge in [0.05, 0.1) is 5.56 Å². The van der Waals surface area contributed by atoms with E-state index in [-0.39, 0.29) is 12.2 Å². The second kappa shape index (κ2) is 10.3. The van der Waals surface area contributed by atoms with Gasteiger partial charge in [-0.3, -0.25) is 28.7 Å². The van der Waals surface area contributed by atoms with Crippen LogP contribution < -0.4 is 11.2 Å². The van der Waals surface area contributed by atoms with Gasteiger partial charge in [-0.2, -0.15) is 0 Å². The van der Waals surface area contributed by atoms with Gasteiger partial charge >= 0.3 is 23.6 Å². The molecule has 0 radical (unpaired) electrons. The molecular weight excluding hydrogens is 483 g/mol. The number of H-pyrrole nitrogens is 1. The second-order valence-corrected chi connectivity index (χ2v) is 7.62. The van der Waals surface area contributed by atoms with Crippen molar-refractivity contribution in [2.24, 2.45) is 0 Å². The smallest absolute Gasteiger partial charge is 0.333 e. The summed E-state index contributed by atoms with van der Waals surface area (Å²) in [6.45, 7) is 3.00. The zero-order valence-corrected chi connectivity index (χ0v) is 18.6. The molecule has 0 spiro atoms. The Hall–Kier alpha value is -2.34. The van der Waals surface area contributed by atoms with Gasteiger partial charge in [0.15, 0.2) is 12.2 Å². The molecule has 4 atom stereocenters. The van der Waals surface area contributed by atoms with Crippen molar-refractivity contribution in [2.45, 2.75) is 45.2 Å². The van der Waals surface area contributed by atoms with E-state index < -0.39 is 63.2 Å². The first-order valence-corrected chi connectivity index (χ1v) is 9.76. The summed E-state index contributed by atoms with van der Waals surface area (Å²) in [4.78, 5) is 61.1. The summed E-state index contributed by atoms with van der Waals surface area (Å²) in [6.07, 6.45) is -3.97. The highest BCUT2D eigenvalue weighted by Gasteiger charge is 2.51. The number of hydrogen-bond donors (Lipinski definition) is 1. The summed E-state index contributed by atoms with van der Waals surface area (Å²) >= 11 is 17.1. The number of nitrogens with one attached hydrogen (secondary N) is 1. The Kier molecular flexibility index (Phi) is 8.29. The predicted molar refractivity (Wildman–Crippen MR) is 107 cm³/mol. The molecule has 170 valence electrons. The summed E-state index contributed by atoms with van der Waals surface area (Å²) < 4.78 is 21.4. The number of ether oxygens (including phenoxy) is 4. The van der Waals surface area contributed by atoms with Crippen LogP contribution in [-0.2, 0) is 33.3 Å². The molecule has 1 aromatic heterocycles. The third-order valence-corrected chi connectivity index (χ3v) is 4.93. The van der Waals surface area contributed by atoms with E-state index in [4.69, 9.17) is 53.8 Å². The Balaban J connectivity index is 2.59. The van der Waals surface area contributed by atoms with Gasteiger partial charge < -0.3 is 18.9 Å². The number of aromatic nitrogens is 2. The summed E-state index contributed by atoms with van der Waals surface area (Å²) in [5.74, 6) is -2.15. The maximum absolute atomic E-state index is 12.5. The van der Waals surface area contributed by atoms with Crippen LogP contribution in [-0.4, -0.2) is 52.4 Å². The van der Waals surface area contributed by atoms with Crippen LogP contribution in [0.15, 0.2) is 20.3 Å². The van der Waals surface area contributed by atoms with Crippen molar-refractivity contribution < 1.29 is 33.3 Å². The number of carbonyl (C=O) groups excluding carboxylic acids is 3. The lowest BCUT2D eigenvalue weighted by molar-refractivity contribution is -0.165. The number of halogens is 3. The first kappa shape index (κ1) is 24.9. The maximum atomic E-state index is 12.5. The molecule has 1 aliphatic rings. The van der Waals surface area contributed by atoms with Gasteiger partial charge in [-0.05, 0) is 0 Å². The van der Waals surface area contributed by atoms with Gasteiger partial charge in [0, 0.05) is 27.0 Å². The van der Waals surface area contributed by atoms with Crippen LogP contribution in [0.3, 0.4) is 0 Å². The summed E-state index contributed by atoms with van der Waals surface area (Å²) in [6, 6.07) is 0. The summed E-state index contributed by atoms with van der Waals surface area (Å²) in [5, 5.41) is -0.416. The molecule has 1 saturated heterocycles. The number of esters is 3. The number of carbonyl (C=O) groups is 3. The average Bonchev–Trinajstić information content (AvgIpc) is 2.95. The molecule has 1 aromatic rings. The van der Waals surface area contributed by atoms with Crippen molar-refractivity contribution >= 4 is 57.9 Å². The third kappa shape index (κ3) is 6.10. The van der Waals surface area contributed by atoms with E-state index in [0.717, 1.165) is 31.5 Å². The Morgan fingerprint density at radius 2 is 1.61 bits per heavy atom. The SMILES string of the molecule is CC(=O)OC[C@H]1O[C@@H](c2cn(C(Cl)=C(Cl)Cl)c(=O)[nH]c2=O)C(OC(C)=O)C1OC(C)=O. The molecular formula is C17H17Cl3N2O9. The molecule has 0 bridgehead atoms. The lowest BCUT2D eigenvalue weighted by Crippen LogP contribution is -2.41. The Bertz CT molecular complexity index is 1030. The Morgan fingerprint density at radius 3 is 2.13 bits per heavy atom. The van der Waals surface area contributed by atoms with Gasteiger partial charge in [-0.15, -0.1) is 0 Å². The molecule has 1 N–H and O–H groups in total. The van der Waals surface area contributed by atoms with Crippen molar-refractivity contribution in [3.8, 4) is 0 Å². The van der Waals surface area contributed by atoms with Crippen molar-refractivity contribution in [1.82, 2.24) is 9.55 Å². The van der Waals surface area contributed by atoms with Gasteiger partial charge in [0.2, 0.25) is 0 Å². The van der Waals surface area contributed by atoms with Gasteiger partial charge in [0.25, 0.3) is 5.56 Å². The lowest BCUT2D eigenvalue weighted by atomic mass is 10.0. The van der Waals surface area contributed by atoms with Crippen molar-refractivity contribution in [3.05, 3.63) is 37.1 Å². The highest BCUT2D eigenvalue weighted by molar-refractivity contribution is 6.65. The van der Waals surface area contributed by atoms with Gasteiger partial charge in [0.1, 0.15) is 28.5 Å². The fraction of sp³-hybridized carbons (Fsp3) is 0.471. The minimum Gasteiger partial charge on any atom is -0.463 e. The zero-order valence-electron chi connectivity index (χ0n) is 16.3. The fourth-order valence-electron chi connectivity index (χ4n) is 2.89. The van der Waals surface area contributed by atoms with Crippen LogP contribution in [0.2, 0.25) is 0 Å². The molecule has 2 rings (SSSR count). The Morgan fingerprint density at radius 1 is 1.03 bits per heavy atom. The molecule has 31 heavy (non-hydrogen) atoms. The number of rotatable bonds is 6. The predicted octanol–water partition coefficient (Wildman–Crippen LogP) is 1.20. The molecule has 0 aromatic carbocycles. The van der Waals surface area contributed by atoms with Gasteiger partial charge in [-0.25, -0.2) is 4.79 Å². The average molecular weight is 500 g/mol. The molecule has 11 nitrogen and oxygen atoms in total. The molecule has 14 heteroatoms. The minimum absolute atomic E-state index is 0.221. The van der Waals surface area contributed by atoms with E-state index in [1.165, 1.54) is 0 Å². The molecule has 1 aliphatic heterocycles. The van der Waals surface area contributed by atoms with E-state index >= 15 is 0 Å². The monoisotopic (exact) mass is 498 g/mol. The van der Waals surface area contributed by atoms with Crippen molar-refractivity contribution in [1.29, 1.82) is 0 Å². The Labute approximate surface area is 189 Å². The first-order valence-electron chi connectivity index (χ1n) is 8.62. The highest BCUT2D eigenvalue weighted by atomic mass is 35.5. The summed E-state index contributed by atoms with van der Waals surface area (Å²) in [7, 11) is 0. The van der Waals surface area contributed by atoms with E-state index in [0.29, 0.717) is 0 Å². The van der Waals surface area contributed by atoms with Crippen molar-refractivity contribution in [3.63, 3.8) is 0 Å². The lowest BCUT2D eigenvalue weighted by Gasteiger charge is -2.23. The van der Waals surface area contributed by atoms with Crippen LogP contribution in [0.5, 0.6) is 0 Å². The minimum atomic E-state index is -1.33. The second-order valence-electron chi connectivity index (χ2n) is 6.31. The zero-order chi connectivity index (χ0) is 23.5. The van der Waals surface area contributed by atoms with E-state index in [1.807, 2.05) is 4.98 Å². The molecule has 2 unspecified atom stereocenters. The van der Waals surface area contributed by atoms with Crippen LogP contribution in [0.4, 0.5) is 0 Å². The third-order valence-electron chi connectivity index (χ3n) is 4.01. The van der Waals surface area contributed by atoms with E-state index in [9.17, 15) is 24.0 Å².